The van der Waals surface area contributed by atoms with Gasteiger partial charge >= 0.3 is 0 Å². The number of carbonyl (C=O) groups is 1. The van der Waals surface area contributed by atoms with Crippen molar-refractivity contribution in [2.75, 3.05) is 44.2 Å². The molecule has 1 atom stereocenters. The van der Waals surface area contributed by atoms with Crippen LogP contribution in [0.2, 0.25) is 0 Å². The Labute approximate surface area is 165 Å². The summed E-state index contributed by atoms with van der Waals surface area (Å²) < 4.78 is 0. The Morgan fingerprint density at radius 1 is 1.26 bits per heavy atom. The van der Waals surface area contributed by atoms with Gasteiger partial charge in [-0.15, -0.1) is 11.3 Å². The van der Waals surface area contributed by atoms with Gasteiger partial charge in [0.25, 0.3) is 0 Å². The van der Waals surface area contributed by atoms with E-state index in [4.69, 9.17) is 0 Å². The molecule has 2 fully saturated rings. The first kappa shape index (κ1) is 18.6. The number of rotatable bonds is 6. The average molecular weight is 388 g/mol. The zero-order valence-corrected chi connectivity index (χ0v) is 16.9. The number of aryl methyl sites for hydroxylation is 1. The highest BCUT2D eigenvalue weighted by Gasteiger charge is 2.27. The van der Waals surface area contributed by atoms with Gasteiger partial charge in [-0.25, -0.2) is 9.97 Å². The minimum absolute atomic E-state index is 0.0478. The molecular formula is C20H29N5OS. The largest absolute Gasteiger partial charge is 0.355 e. The van der Waals surface area contributed by atoms with E-state index in [1.54, 1.807) is 17.7 Å². The summed E-state index contributed by atoms with van der Waals surface area (Å²) in [5.41, 5.74) is 0. The second kappa shape index (κ2) is 8.52. The molecule has 7 heteroatoms. The molecule has 4 heterocycles. The molecular weight excluding hydrogens is 358 g/mol. The normalized spacial score (nSPS) is 21.1. The summed E-state index contributed by atoms with van der Waals surface area (Å²) in [4.78, 5) is 28.8. The smallest absolute Gasteiger partial charge is 0.224 e. The summed E-state index contributed by atoms with van der Waals surface area (Å²) in [6, 6.07) is 2.22. The first-order chi connectivity index (χ1) is 13.2. The quantitative estimate of drug-likeness (QED) is 0.826. The van der Waals surface area contributed by atoms with Gasteiger partial charge in [0.2, 0.25) is 5.91 Å². The topological polar surface area (TPSA) is 61.4 Å². The van der Waals surface area contributed by atoms with Crippen molar-refractivity contribution >= 4 is 33.3 Å². The van der Waals surface area contributed by atoms with Crippen LogP contribution < -0.4 is 10.2 Å². The van der Waals surface area contributed by atoms with Crippen molar-refractivity contribution in [3.05, 3.63) is 17.3 Å². The summed E-state index contributed by atoms with van der Waals surface area (Å²) >= 11 is 1.74. The number of hydrogen-bond acceptors (Lipinski definition) is 6. The lowest BCUT2D eigenvalue weighted by Crippen LogP contribution is -2.44. The third-order valence-corrected chi connectivity index (χ3v) is 6.91. The van der Waals surface area contributed by atoms with Gasteiger partial charge in [-0.05, 0) is 51.3 Å². The third kappa shape index (κ3) is 4.24. The highest BCUT2D eigenvalue weighted by atomic mass is 32.1. The van der Waals surface area contributed by atoms with Crippen LogP contribution in [-0.2, 0) is 11.2 Å². The second-order valence-electron chi connectivity index (χ2n) is 7.61. The molecule has 1 N–H and O–H groups in total. The second-order valence-corrected chi connectivity index (χ2v) is 8.72. The van der Waals surface area contributed by atoms with E-state index in [0.29, 0.717) is 0 Å². The zero-order valence-electron chi connectivity index (χ0n) is 16.1. The summed E-state index contributed by atoms with van der Waals surface area (Å²) in [6.07, 6.45) is 7.25. The highest BCUT2D eigenvalue weighted by Crippen LogP contribution is 2.32. The van der Waals surface area contributed by atoms with Crippen LogP contribution in [0.15, 0.2) is 12.4 Å². The number of piperidine rings is 1. The van der Waals surface area contributed by atoms with Crippen molar-refractivity contribution in [2.45, 2.75) is 39.0 Å². The Bertz CT molecular complexity index is 786. The van der Waals surface area contributed by atoms with Gasteiger partial charge in [-0.1, -0.05) is 6.92 Å². The average Bonchev–Trinajstić information content (AvgIpc) is 3.37. The van der Waals surface area contributed by atoms with Gasteiger partial charge in [0.05, 0.1) is 11.3 Å². The van der Waals surface area contributed by atoms with E-state index in [2.05, 4.69) is 38.1 Å². The summed E-state index contributed by atoms with van der Waals surface area (Å²) in [5, 5.41) is 4.30. The maximum Gasteiger partial charge on any atom is 0.224 e. The molecule has 146 valence electrons. The van der Waals surface area contributed by atoms with Crippen LogP contribution in [0.5, 0.6) is 0 Å². The first-order valence-corrected chi connectivity index (χ1v) is 11.0. The van der Waals surface area contributed by atoms with E-state index in [0.717, 1.165) is 61.5 Å². The standard InChI is InChI=1S/C20H29N5OS/c1-2-16-12-17-18(22-14-23-20(17)27-16)25-10-5-6-15(13-25)19(26)21-7-11-24-8-3-4-9-24/h12,14-15H,2-11,13H2,1H3,(H,21,26)/t15-/m1/s1. The molecule has 1 amide bonds. The van der Waals surface area contributed by atoms with Gasteiger partial charge < -0.3 is 15.1 Å². The van der Waals surface area contributed by atoms with Crippen LogP contribution in [0.1, 0.15) is 37.5 Å². The highest BCUT2D eigenvalue weighted by molar-refractivity contribution is 7.18. The zero-order chi connectivity index (χ0) is 18.6. The Kier molecular flexibility index (Phi) is 5.88. The van der Waals surface area contributed by atoms with Crippen LogP contribution >= 0.6 is 11.3 Å². The van der Waals surface area contributed by atoms with Crippen LogP contribution in [0.4, 0.5) is 5.82 Å². The fraction of sp³-hybridized carbons (Fsp3) is 0.650. The molecule has 0 saturated carbocycles. The predicted molar refractivity (Wildman–Crippen MR) is 110 cm³/mol. The fourth-order valence-electron chi connectivity index (χ4n) is 4.19. The predicted octanol–water partition coefficient (Wildman–Crippen LogP) is 2.68. The van der Waals surface area contributed by atoms with E-state index >= 15 is 0 Å². The molecule has 0 bridgehead atoms. The number of amides is 1. The number of thiophene rings is 1. The lowest BCUT2D eigenvalue weighted by molar-refractivity contribution is -0.125. The molecule has 2 aromatic rings. The van der Waals surface area contributed by atoms with Crippen LogP contribution in [0, 0.1) is 5.92 Å². The molecule has 4 rings (SSSR count). The maximum atomic E-state index is 12.7. The van der Waals surface area contributed by atoms with Crippen LogP contribution in [0.25, 0.3) is 10.2 Å². The Morgan fingerprint density at radius 3 is 2.93 bits per heavy atom. The van der Waals surface area contributed by atoms with Gasteiger partial charge in [-0.3, -0.25) is 4.79 Å². The lowest BCUT2D eigenvalue weighted by Gasteiger charge is -2.33. The lowest BCUT2D eigenvalue weighted by atomic mass is 9.97. The van der Waals surface area contributed by atoms with Crippen LogP contribution in [-0.4, -0.2) is 60.0 Å². The van der Waals surface area contributed by atoms with Crippen molar-refractivity contribution < 1.29 is 4.79 Å². The number of likely N-dealkylation sites (tertiary alicyclic amines) is 1. The van der Waals surface area contributed by atoms with Crippen molar-refractivity contribution in [2.24, 2.45) is 5.92 Å². The molecule has 0 unspecified atom stereocenters. The number of anilines is 1. The molecule has 2 aliphatic heterocycles. The van der Waals surface area contributed by atoms with Crippen LogP contribution in [0.3, 0.4) is 0 Å². The van der Waals surface area contributed by atoms with E-state index in [1.165, 1.54) is 30.8 Å². The SMILES string of the molecule is CCc1cc2c(N3CCC[C@@H](C(=O)NCCN4CCCC4)C3)ncnc2s1. The molecule has 0 aromatic carbocycles. The summed E-state index contributed by atoms with van der Waals surface area (Å²) in [6.45, 7) is 7.97. The number of aromatic nitrogens is 2. The number of nitrogens with one attached hydrogen (secondary N) is 1. The van der Waals surface area contributed by atoms with E-state index in [-0.39, 0.29) is 11.8 Å². The molecule has 0 radical (unpaired) electrons. The third-order valence-electron chi connectivity index (χ3n) is 5.73. The summed E-state index contributed by atoms with van der Waals surface area (Å²) in [7, 11) is 0. The van der Waals surface area contributed by atoms with Crippen molar-refractivity contribution in [3.8, 4) is 0 Å². The molecule has 6 nitrogen and oxygen atoms in total. The monoisotopic (exact) mass is 387 g/mol. The minimum atomic E-state index is 0.0478. The van der Waals surface area contributed by atoms with E-state index in [1.807, 2.05) is 0 Å². The Hall–Kier alpha value is -1.73. The molecule has 0 spiro atoms. The first-order valence-electron chi connectivity index (χ1n) is 10.2. The molecule has 2 saturated heterocycles. The summed E-state index contributed by atoms with van der Waals surface area (Å²) in [5.74, 6) is 1.24. The Morgan fingerprint density at radius 2 is 2.11 bits per heavy atom. The number of carbonyl (C=O) groups excluding carboxylic acids is 1. The van der Waals surface area contributed by atoms with Gasteiger partial charge in [-0.2, -0.15) is 0 Å². The van der Waals surface area contributed by atoms with Gasteiger partial charge in [0.15, 0.2) is 0 Å². The molecule has 27 heavy (non-hydrogen) atoms. The Balaban J connectivity index is 1.39. The minimum Gasteiger partial charge on any atom is -0.355 e. The number of fused-ring (bicyclic) bond motifs is 1. The number of hydrogen-bond donors (Lipinski definition) is 1. The molecule has 2 aromatic heterocycles. The van der Waals surface area contributed by atoms with Gasteiger partial charge in [0.1, 0.15) is 17.0 Å². The van der Waals surface area contributed by atoms with Crippen molar-refractivity contribution in [1.29, 1.82) is 0 Å². The fourth-order valence-corrected chi connectivity index (χ4v) is 5.12. The van der Waals surface area contributed by atoms with Crippen molar-refractivity contribution in [1.82, 2.24) is 20.2 Å². The van der Waals surface area contributed by atoms with E-state index in [9.17, 15) is 4.79 Å². The van der Waals surface area contributed by atoms with Crippen molar-refractivity contribution in [3.63, 3.8) is 0 Å². The maximum absolute atomic E-state index is 12.7. The van der Waals surface area contributed by atoms with E-state index < -0.39 is 0 Å². The number of nitrogens with zero attached hydrogens (tertiary/aromatic N) is 4. The van der Waals surface area contributed by atoms with Gasteiger partial charge in [0, 0.05) is 31.1 Å². The molecule has 2 aliphatic rings. The molecule has 0 aliphatic carbocycles.